The number of benzene rings is 2. The first-order valence-corrected chi connectivity index (χ1v) is 12.6. The topological polar surface area (TPSA) is 126 Å². The van der Waals surface area contributed by atoms with Gasteiger partial charge >= 0.3 is 5.97 Å². The summed E-state index contributed by atoms with van der Waals surface area (Å²) in [6.45, 7) is 1.90. The number of dihydropyridines is 1. The van der Waals surface area contributed by atoms with Crippen molar-refractivity contribution in [2.75, 3.05) is 34.5 Å². The van der Waals surface area contributed by atoms with Crippen molar-refractivity contribution in [3.05, 3.63) is 85.2 Å². The molecule has 1 aliphatic heterocycles. The number of hydrogen-bond donors (Lipinski definition) is 1. The molecule has 1 aliphatic carbocycles. The maximum atomic E-state index is 13.8. The monoisotopic (exact) mass is 556 g/mol. The predicted octanol–water partition coefficient (Wildman–Crippen LogP) is 4.82. The van der Waals surface area contributed by atoms with Gasteiger partial charge in [0.1, 0.15) is 6.61 Å². The molecule has 0 aromatic heterocycles. The zero-order valence-corrected chi connectivity index (χ0v) is 22.8. The van der Waals surface area contributed by atoms with E-state index in [2.05, 4.69) is 5.32 Å². The number of nitro benzene ring substituents is 1. The van der Waals surface area contributed by atoms with Crippen molar-refractivity contribution in [3.63, 3.8) is 0 Å². The van der Waals surface area contributed by atoms with Crippen molar-refractivity contribution in [2.24, 2.45) is 0 Å². The van der Waals surface area contributed by atoms with Crippen LogP contribution in [0.1, 0.15) is 42.7 Å². The number of esters is 1. The molecule has 1 N–H and O–H groups in total. The van der Waals surface area contributed by atoms with Crippen molar-refractivity contribution in [2.45, 2.75) is 31.6 Å². The van der Waals surface area contributed by atoms with Crippen LogP contribution in [-0.4, -0.2) is 51.2 Å². The molecule has 0 unspecified atom stereocenters. The molecule has 0 saturated heterocycles. The van der Waals surface area contributed by atoms with Crippen LogP contribution in [0, 0.1) is 10.1 Å². The van der Waals surface area contributed by atoms with Gasteiger partial charge in [0, 0.05) is 53.6 Å². The minimum Gasteiger partial charge on any atom is -0.493 e. The zero-order chi connectivity index (χ0) is 28.3. The van der Waals surface area contributed by atoms with Crippen LogP contribution < -0.4 is 14.8 Å². The summed E-state index contributed by atoms with van der Waals surface area (Å²) in [5.41, 5.74) is 2.60. The number of nitrogens with one attached hydrogen (secondary N) is 1. The standard InChI is InChI=1S/C28H29ClN2O8/c1-15-25(28(33)39-10-9-36-2)26(19-14-18(31(34)35)6-7-20(19)29)27-21(30-15)11-17(12-22(27)32)16-5-8-23(37-3)24(13-16)38-4/h5-8,13-14,17,26,30H,9-12H2,1-4H3/t17-,26+/m0/s1. The zero-order valence-electron chi connectivity index (χ0n) is 22.0. The van der Waals surface area contributed by atoms with Crippen molar-refractivity contribution >= 4 is 29.0 Å². The second kappa shape index (κ2) is 11.9. The van der Waals surface area contributed by atoms with E-state index in [9.17, 15) is 19.7 Å². The van der Waals surface area contributed by atoms with Crippen LogP contribution in [0.3, 0.4) is 0 Å². The molecular formula is C28H29ClN2O8. The van der Waals surface area contributed by atoms with Gasteiger partial charge in [-0.15, -0.1) is 0 Å². The molecule has 1 heterocycles. The summed E-state index contributed by atoms with van der Waals surface area (Å²) in [6.07, 6.45) is 0.618. The Morgan fingerprint density at radius 1 is 1.08 bits per heavy atom. The first-order chi connectivity index (χ1) is 18.7. The number of non-ortho nitro benzene ring substituents is 1. The van der Waals surface area contributed by atoms with Gasteiger partial charge in [-0.2, -0.15) is 0 Å². The Labute approximate surface area is 230 Å². The minimum absolute atomic E-state index is 0.00271. The lowest BCUT2D eigenvalue weighted by Gasteiger charge is -2.37. The molecule has 2 aromatic rings. The first-order valence-electron chi connectivity index (χ1n) is 12.3. The van der Waals surface area contributed by atoms with E-state index in [-0.39, 0.29) is 53.2 Å². The Morgan fingerprint density at radius 2 is 1.82 bits per heavy atom. The van der Waals surface area contributed by atoms with Gasteiger partial charge in [-0.3, -0.25) is 14.9 Å². The third-order valence-electron chi connectivity index (χ3n) is 6.95. The van der Waals surface area contributed by atoms with Crippen LogP contribution >= 0.6 is 11.6 Å². The van der Waals surface area contributed by atoms with Crippen molar-refractivity contribution in [1.82, 2.24) is 5.32 Å². The SMILES string of the molecule is COCCOC(=O)C1=C(C)NC2=C(C(=O)C[C@@H](c3ccc(OC)c(OC)c3)C2)[C@@H]1c1cc([N+](=O)[O-])ccc1Cl. The molecule has 10 nitrogen and oxygen atoms in total. The molecule has 206 valence electrons. The van der Waals surface area contributed by atoms with Crippen LogP contribution in [0.2, 0.25) is 5.02 Å². The maximum absolute atomic E-state index is 13.8. The normalized spacial score (nSPS) is 18.8. The van der Waals surface area contributed by atoms with Gasteiger partial charge < -0.3 is 24.3 Å². The molecule has 2 aromatic carbocycles. The Hall–Kier alpha value is -3.89. The van der Waals surface area contributed by atoms with Gasteiger partial charge in [-0.1, -0.05) is 17.7 Å². The smallest absolute Gasteiger partial charge is 0.336 e. The number of ether oxygens (including phenoxy) is 4. The highest BCUT2D eigenvalue weighted by Gasteiger charge is 2.42. The quantitative estimate of drug-likeness (QED) is 0.200. The molecule has 2 aliphatic rings. The molecule has 0 radical (unpaired) electrons. The second-order valence-corrected chi connectivity index (χ2v) is 9.63. The number of methoxy groups -OCH3 is 3. The average molecular weight is 557 g/mol. The van der Waals surface area contributed by atoms with E-state index in [1.807, 2.05) is 12.1 Å². The molecule has 0 amide bonds. The number of rotatable bonds is 9. The molecule has 4 rings (SSSR count). The van der Waals surface area contributed by atoms with E-state index < -0.39 is 16.8 Å². The fraction of sp³-hybridized carbons (Fsp3) is 0.357. The number of nitrogens with zero attached hydrogens (tertiary/aromatic N) is 1. The average Bonchev–Trinajstić information content (AvgIpc) is 2.91. The Morgan fingerprint density at radius 3 is 2.49 bits per heavy atom. The lowest BCUT2D eigenvalue weighted by Crippen LogP contribution is -2.36. The summed E-state index contributed by atoms with van der Waals surface area (Å²) in [4.78, 5) is 38.1. The van der Waals surface area contributed by atoms with Crippen molar-refractivity contribution in [1.29, 1.82) is 0 Å². The molecule has 0 bridgehead atoms. The number of hydrogen-bond acceptors (Lipinski definition) is 9. The van der Waals surface area contributed by atoms with E-state index in [0.29, 0.717) is 34.9 Å². The van der Waals surface area contributed by atoms with Gasteiger partial charge in [-0.25, -0.2) is 4.79 Å². The fourth-order valence-electron chi connectivity index (χ4n) is 5.12. The van der Waals surface area contributed by atoms with E-state index in [4.69, 9.17) is 30.5 Å². The van der Waals surface area contributed by atoms with Crippen molar-refractivity contribution < 1.29 is 33.5 Å². The maximum Gasteiger partial charge on any atom is 0.336 e. The molecule has 2 atom stereocenters. The highest BCUT2D eigenvalue weighted by molar-refractivity contribution is 6.31. The number of carbonyl (C=O) groups excluding carboxylic acids is 2. The van der Waals surface area contributed by atoms with Gasteiger partial charge in [0.15, 0.2) is 17.3 Å². The fourth-order valence-corrected chi connectivity index (χ4v) is 5.35. The van der Waals surface area contributed by atoms with Gasteiger partial charge in [0.25, 0.3) is 5.69 Å². The van der Waals surface area contributed by atoms with E-state index in [1.54, 1.807) is 27.2 Å². The third-order valence-corrected chi connectivity index (χ3v) is 7.29. The minimum atomic E-state index is -0.942. The van der Waals surface area contributed by atoms with E-state index >= 15 is 0 Å². The summed E-state index contributed by atoms with van der Waals surface area (Å²) in [7, 11) is 4.58. The van der Waals surface area contributed by atoms with Crippen LogP contribution in [0.4, 0.5) is 5.69 Å². The van der Waals surface area contributed by atoms with Crippen LogP contribution in [0.5, 0.6) is 11.5 Å². The summed E-state index contributed by atoms with van der Waals surface area (Å²) < 4.78 is 21.2. The highest BCUT2D eigenvalue weighted by Crippen LogP contribution is 2.48. The molecule has 0 saturated carbocycles. The number of ketones is 1. The van der Waals surface area contributed by atoms with E-state index in [0.717, 1.165) is 5.56 Å². The Balaban J connectivity index is 1.81. The van der Waals surface area contributed by atoms with E-state index in [1.165, 1.54) is 25.3 Å². The summed E-state index contributed by atoms with van der Waals surface area (Å²) in [6, 6.07) is 9.53. The van der Waals surface area contributed by atoms with Crippen LogP contribution in [0.25, 0.3) is 0 Å². The molecular weight excluding hydrogens is 528 g/mol. The largest absolute Gasteiger partial charge is 0.493 e. The number of halogens is 1. The first kappa shape index (κ1) is 28.1. The number of carbonyl (C=O) groups is 2. The Bertz CT molecular complexity index is 1380. The van der Waals surface area contributed by atoms with Gasteiger partial charge in [0.2, 0.25) is 0 Å². The number of Topliss-reactive ketones (excluding diaryl/α,β-unsaturated/α-hetero) is 1. The van der Waals surface area contributed by atoms with Crippen LogP contribution in [0.15, 0.2) is 58.9 Å². The second-order valence-electron chi connectivity index (χ2n) is 9.22. The lowest BCUT2D eigenvalue weighted by atomic mass is 9.71. The number of allylic oxidation sites excluding steroid dienone is 3. The highest BCUT2D eigenvalue weighted by atomic mass is 35.5. The lowest BCUT2D eigenvalue weighted by molar-refractivity contribution is -0.384. The van der Waals surface area contributed by atoms with Crippen LogP contribution in [-0.2, 0) is 19.1 Å². The van der Waals surface area contributed by atoms with Gasteiger partial charge in [-0.05, 0) is 48.6 Å². The summed E-state index contributed by atoms with van der Waals surface area (Å²) >= 11 is 6.55. The van der Waals surface area contributed by atoms with Gasteiger partial charge in [0.05, 0.1) is 31.3 Å². The number of nitro groups is 1. The summed E-state index contributed by atoms with van der Waals surface area (Å²) in [5.74, 6) is -0.848. The van der Waals surface area contributed by atoms with Crippen molar-refractivity contribution in [3.8, 4) is 11.5 Å². The summed E-state index contributed by atoms with van der Waals surface area (Å²) in [5, 5.41) is 15.0. The molecule has 0 fully saturated rings. The third kappa shape index (κ3) is 5.62. The Kier molecular flexibility index (Phi) is 8.57. The predicted molar refractivity (Wildman–Crippen MR) is 143 cm³/mol. The molecule has 39 heavy (non-hydrogen) atoms. The molecule has 0 spiro atoms. The molecule has 11 heteroatoms.